The number of nitrogens with two attached hydrogens (primary N) is 1. The predicted octanol–water partition coefficient (Wildman–Crippen LogP) is 1.68. The van der Waals surface area contributed by atoms with Gasteiger partial charge in [-0.3, -0.25) is 9.69 Å². The summed E-state index contributed by atoms with van der Waals surface area (Å²) in [6.45, 7) is 7.96. The molecule has 1 saturated heterocycles. The molecule has 0 aliphatic carbocycles. The molecule has 7 heteroatoms. The van der Waals surface area contributed by atoms with Crippen LogP contribution in [0.25, 0.3) is 0 Å². The van der Waals surface area contributed by atoms with Crippen LogP contribution >= 0.6 is 11.6 Å². The number of nitrogens with one attached hydrogen (secondary N) is 1. The summed E-state index contributed by atoms with van der Waals surface area (Å²) in [4.78, 5) is 17.3. The van der Waals surface area contributed by atoms with Crippen molar-refractivity contribution in [2.45, 2.75) is 25.9 Å². The number of benzene rings is 1. The van der Waals surface area contributed by atoms with Crippen LogP contribution in [0.1, 0.15) is 24.2 Å². The van der Waals surface area contributed by atoms with Crippen molar-refractivity contribution in [2.24, 2.45) is 0 Å². The average molecular weight is 355 g/mol. The maximum Gasteiger partial charge on any atom is 0.255 e. The zero-order valence-corrected chi connectivity index (χ0v) is 15.6. The summed E-state index contributed by atoms with van der Waals surface area (Å²) in [5, 5.41) is 3.46. The first-order chi connectivity index (χ1) is 11.3. The molecule has 1 amide bonds. The minimum atomic E-state index is -0.197. The highest BCUT2D eigenvalue weighted by Crippen LogP contribution is 2.28. The molecule has 1 atom stereocenters. The van der Waals surface area contributed by atoms with E-state index in [0.717, 1.165) is 26.2 Å². The van der Waals surface area contributed by atoms with E-state index >= 15 is 0 Å². The molecule has 1 aliphatic rings. The summed E-state index contributed by atoms with van der Waals surface area (Å²) in [5.41, 5.74) is 6.58. The molecule has 3 N–H and O–H groups in total. The Bertz CT molecular complexity index is 594. The number of carbonyl (C=O) groups is 1. The van der Waals surface area contributed by atoms with E-state index in [-0.39, 0.29) is 11.9 Å². The molecule has 1 aromatic carbocycles. The highest BCUT2D eigenvalue weighted by Gasteiger charge is 2.25. The normalized spacial score (nSPS) is 20.0. The van der Waals surface area contributed by atoms with Crippen LogP contribution in [-0.2, 0) is 0 Å². The van der Waals surface area contributed by atoms with Crippen LogP contribution in [0.5, 0.6) is 5.75 Å². The van der Waals surface area contributed by atoms with Crippen molar-refractivity contribution in [3.8, 4) is 5.75 Å². The fourth-order valence-electron chi connectivity index (χ4n) is 2.94. The van der Waals surface area contributed by atoms with Gasteiger partial charge >= 0.3 is 0 Å². The van der Waals surface area contributed by atoms with Gasteiger partial charge in [0.1, 0.15) is 5.75 Å². The van der Waals surface area contributed by atoms with Crippen LogP contribution in [0.4, 0.5) is 5.69 Å². The quantitative estimate of drug-likeness (QED) is 0.805. The molecule has 1 unspecified atom stereocenters. The Hall–Kier alpha value is -1.50. The topological polar surface area (TPSA) is 70.8 Å². The van der Waals surface area contributed by atoms with Crippen molar-refractivity contribution in [3.05, 3.63) is 22.7 Å². The van der Waals surface area contributed by atoms with Crippen molar-refractivity contribution >= 4 is 23.2 Å². The molecule has 0 aromatic heterocycles. The van der Waals surface area contributed by atoms with Gasteiger partial charge in [0.25, 0.3) is 5.91 Å². The van der Waals surface area contributed by atoms with Gasteiger partial charge in [-0.05, 0) is 27.0 Å². The van der Waals surface area contributed by atoms with E-state index in [1.165, 1.54) is 7.11 Å². The van der Waals surface area contributed by atoms with Gasteiger partial charge < -0.3 is 20.7 Å². The van der Waals surface area contributed by atoms with E-state index in [1.807, 2.05) is 0 Å². The summed E-state index contributed by atoms with van der Waals surface area (Å²) in [5.74, 6) is 0.231. The molecule has 0 spiro atoms. The van der Waals surface area contributed by atoms with E-state index < -0.39 is 0 Å². The second kappa shape index (κ2) is 8.05. The zero-order chi connectivity index (χ0) is 17.9. The van der Waals surface area contributed by atoms with Gasteiger partial charge in [-0.25, -0.2) is 0 Å². The minimum absolute atomic E-state index is 0.0356. The number of hydrogen-bond acceptors (Lipinski definition) is 5. The lowest BCUT2D eigenvalue weighted by molar-refractivity contribution is 0.0918. The van der Waals surface area contributed by atoms with Crippen LogP contribution in [0.3, 0.4) is 0 Å². The highest BCUT2D eigenvalue weighted by atomic mass is 35.5. The summed E-state index contributed by atoms with van der Waals surface area (Å²) < 4.78 is 5.28. The summed E-state index contributed by atoms with van der Waals surface area (Å²) >= 11 is 6.07. The molecule has 134 valence electrons. The maximum atomic E-state index is 12.7. The fourth-order valence-corrected chi connectivity index (χ4v) is 3.10. The van der Waals surface area contributed by atoms with E-state index in [0.29, 0.717) is 28.1 Å². The van der Waals surface area contributed by atoms with Gasteiger partial charge in [-0.15, -0.1) is 0 Å². The Morgan fingerprint density at radius 3 is 2.71 bits per heavy atom. The number of nitrogen functional groups attached to an aromatic ring is 1. The first-order valence-corrected chi connectivity index (χ1v) is 8.56. The number of rotatable bonds is 4. The van der Waals surface area contributed by atoms with Gasteiger partial charge in [0, 0.05) is 38.3 Å². The predicted molar refractivity (Wildman–Crippen MR) is 97.9 cm³/mol. The smallest absolute Gasteiger partial charge is 0.255 e. The average Bonchev–Trinajstić information content (AvgIpc) is 2.70. The van der Waals surface area contributed by atoms with Gasteiger partial charge in [-0.1, -0.05) is 11.6 Å². The van der Waals surface area contributed by atoms with E-state index in [9.17, 15) is 4.79 Å². The molecule has 1 fully saturated rings. The number of likely N-dealkylation sites (N-methyl/N-ethyl adjacent to an activating group) is 1. The van der Waals surface area contributed by atoms with Gasteiger partial charge in [0.15, 0.2) is 0 Å². The first-order valence-electron chi connectivity index (χ1n) is 8.18. The zero-order valence-electron chi connectivity index (χ0n) is 14.8. The summed E-state index contributed by atoms with van der Waals surface area (Å²) in [6, 6.07) is 3.62. The van der Waals surface area contributed by atoms with Crippen LogP contribution in [0, 0.1) is 0 Å². The minimum Gasteiger partial charge on any atom is -0.496 e. The van der Waals surface area contributed by atoms with Crippen LogP contribution in [0.2, 0.25) is 5.02 Å². The Balaban J connectivity index is 2.17. The second-order valence-corrected chi connectivity index (χ2v) is 7.00. The summed E-state index contributed by atoms with van der Waals surface area (Å²) in [7, 11) is 3.59. The molecule has 1 aliphatic heterocycles. The van der Waals surface area contributed by atoms with Crippen LogP contribution in [-0.4, -0.2) is 68.1 Å². The Morgan fingerprint density at radius 2 is 2.08 bits per heavy atom. The number of carbonyl (C=O) groups excluding carboxylic acids is 1. The molecule has 1 heterocycles. The molecular formula is C17H27ClN4O2. The molecule has 1 aromatic rings. The van der Waals surface area contributed by atoms with E-state index in [2.05, 4.69) is 36.0 Å². The van der Waals surface area contributed by atoms with Gasteiger partial charge in [-0.2, -0.15) is 0 Å². The number of hydrogen-bond donors (Lipinski definition) is 2. The number of nitrogens with zero attached hydrogens (tertiary/aromatic N) is 2. The van der Waals surface area contributed by atoms with Gasteiger partial charge in [0.2, 0.25) is 0 Å². The third-order valence-electron chi connectivity index (χ3n) is 4.38. The molecule has 0 bridgehead atoms. The number of amides is 1. The van der Waals surface area contributed by atoms with E-state index in [4.69, 9.17) is 22.1 Å². The number of anilines is 1. The molecule has 6 nitrogen and oxygen atoms in total. The lowest BCUT2D eigenvalue weighted by Gasteiger charge is -2.28. The first kappa shape index (κ1) is 18.8. The van der Waals surface area contributed by atoms with E-state index in [1.54, 1.807) is 12.1 Å². The van der Waals surface area contributed by atoms with Crippen molar-refractivity contribution in [2.75, 3.05) is 46.1 Å². The molecule has 2 rings (SSSR count). The lowest BCUT2D eigenvalue weighted by Crippen LogP contribution is -2.47. The largest absolute Gasteiger partial charge is 0.496 e. The summed E-state index contributed by atoms with van der Waals surface area (Å²) in [6.07, 6.45) is 0. The van der Waals surface area contributed by atoms with Crippen molar-refractivity contribution < 1.29 is 9.53 Å². The molecule has 0 saturated carbocycles. The number of ether oxygens (including phenoxy) is 1. The van der Waals surface area contributed by atoms with Gasteiger partial charge in [0.05, 0.1) is 29.4 Å². The Morgan fingerprint density at radius 1 is 1.38 bits per heavy atom. The SMILES string of the molecule is COc1cc(N)c(Cl)cc1C(=O)NC1CN(C)CCN(C(C)C)C1. The maximum absolute atomic E-state index is 12.7. The lowest BCUT2D eigenvalue weighted by atomic mass is 10.1. The van der Waals surface area contributed by atoms with Crippen molar-refractivity contribution in [1.29, 1.82) is 0 Å². The van der Waals surface area contributed by atoms with Crippen LogP contribution in [0.15, 0.2) is 12.1 Å². The highest BCUT2D eigenvalue weighted by molar-refractivity contribution is 6.33. The molecular weight excluding hydrogens is 328 g/mol. The van der Waals surface area contributed by atoms with Crippen molar-refractivity contribution in [1.82, 2.24) is 15.1 Å². The Labute approximate surface area is 148 Å². The number of halogens is 1. The third-order valence-corrected chi connectivity index (χ3v) is 4.71. The Kier molecular flexibility index (Phi) is 6.32. The number of methoxy groups -OCH3 is 1. The third kappa shape index (κ3) is 4.53. The monoisotopic (exact) mass is 354 g/mol. The standard InChI is InChI=1S/C17H27ClN4O2/c1-11(2)22-6-5-21(3)9-12(10-22)20-17(23)13-7-14(18)15(19)8-16(13)24-4/h7-8,11-12H,5-6,9-10,19H2,1-4H3,(H,20,23). The van der Waals surface area contributed by atoms with Crippen LogP contribution < -0.4 is 15.8 Å². The van der Waals surface area contributed by atoms with Crippen molar-refractivity contribution in [3.63, 3.8) is 0 Å². The second-order valence-electron chi connectivity index (χ2n) is 6.60. The molecule has 0 radical (unpaired) electrons. The fraction of sp³-hybridized carbons (Fsp3) is 0.588. The molecule has 24 heavy (non-hydrogen) atoms.